The van der Waals surface area contributed by atoms with E-state index >= 15 is 0 Å². The summed E-state index contributed by atoms with van der Waals surface area (Å²) in [5, 5.41) is 0. The summed E-state index contributed by atoms with van der Waals surface area (Å²) >= 11 is 0. The Hall–Kier alpha value is -0.820. The van der Waals surface area contributed by atoms with Gasteiger partial charge in [-0.1, -0.05) is 30.3 Å². The molecule has 1 heteroatoms. The van der Waals surface area contributed by atoms with E-state index in [1.165, 1.54) is 12.1 Å². The maximum Gasteiger partial charge on any atom is 0.0776 e. The number of hydrogen-bond acceptors (Lipinski definition) is 1. The molecule has 2 fully saturated rings. The van der Waals surface area contributed by atoms with Crippen molar-refractivity contribution < 1.29 is 0 Å². The van der Waals surface area contributed by atoms with Crippen LogP contribution >= 0.6 is 0 Å². The number of nitrogens with zero attached hydrogens (tertiary/aromatic N) is 1. The van der Waals surface area contributed by atoms with E-state index in [0.29, 0.717) is 11.1 Å². The predicted octanol–water partition coefficient (Wildman–Crippen LogP) is 1.99. The van der Waals surface area contributed by atoms with Crippen LogP contribution in [0.5, 0.6) is 0 Å². The molecule has 0 N–H and O–H groups in total. The highest BCUT2D eigenvalue weighted by Gasteiger charge is 2.83. The third-order valence-electron chi connectivity index (χ3n) is 3.63. The van der Waals surface area contributed by atoms with Crippen LogP contribution in [0.3, 0.4) is 0 Å². The lowest BCUT2D eigenvalue weighted by atomic mass is 9.89. The zero-order valence-corrected chi connectivity index (χ0v) is 7.54. The molecule has 62 valence electrons. The van der Waals surface area contributed by atoms with E-state index in [9.17, 15) is 0 Å². The first-order valence-corrected chi connectivity index (χ1v) is 4.53. The van der Waals surface area contributed by atoms with E-state index in [2.05, 4.69) is 49.1 Å². The molecule has 0 aromatic heterocycles. The van der Waals surface area contributed by atoms with Crippen LogP contribution in [-0.2, 0) is 5.54 Å². The highest BCUT2D eigenvalue weighted by molar-refractivity contribution is 5.49. The molecular formula is C11H13N. The van der Waals surface area contributed by atoms with Crippen molar-refractivity contribution in [1.82, 2.24) is 4.90 Å². The maximum absolute atomic E-state index is 2.54. The van der Waals surface area contributed by atoms with Gasteiger partial charge < -0.3 is 0 Å². The first kappa shape index (κ1) is 6.67. The third-order valence-corrected chi connectivity index (χ3v) is 3.63. The summed E-state index contributed by atoms with van der Waals surface area (Å²) in [6.45, 7) is 5.91. The molecule has 0 spiro atoms. The highest BCUT2D eigenvalue weighted by atomic mass is 15.6. The van der Waals surface area contributed by atoms with Gasteiger partial charge in [-0.2, -0.15) is 0 Å². The lowest BCUT2D eigenvalue weighted by Gasteiger charge is -2.13. The standard InChI is InChI=1S/C11H13N/c1-10(2)11(8-12(10)11)9-6-4-3-5-7-9/h3-7H,8H2,1-2H3. The summed E-state index contributed by atoms with van der Waals surface area (Å²) in [6, 6.07) is 10.8. The van der Waals surface area contributed by atoms with E-state index in [0.717, 1.165) is 0 Å². The molecule has 0 radical (unpaired) electrons. The molecule has 2 heterocycles. The fourth-order valence-electron chi connectivity index (χ4n) is 2.55. The topological polar surface area (TPSA) is 3.01 Å². The Morgan fingerprint density at radius 2 is 1.75 bits per heavy atom. The Labute approximate surface area is 73.0 Å². The van der Waals surface area contributed by atoms with Gasteiger partial charge in [0.1, 0.15) is 0 Å². The van der Waals surface area contributed by atoms with Gasteiger partial charge in [0.15, 0.2) is 0 Å². The van der Waals surface area contributed by atoms with Crippen LogP contribution < -0.4 is 0 Å². The SMILES string of the molecule is CC1(C)N2CC21c1ccccc1. The van der Waals surface area contributed by atoms with Gasteiger partial charge in [0.2, 0.25) is 0 Å². The molecule has 2 unspecified atom stereocenters. The summed E-state index contributed by atoms with van der Waals surface area (Å²) in [5.74, 6) is 0. The van der Waals surface area contributed by atoms with Crippen LogP contribution in [0, 0.1) is 0 Å². The van der Waals surface area contributed by atoms with Crippen molar-refractivity contribution >= 4 is 0 Å². The second-order valence-corrected chi connectivity index (χ2v) is 4.37. The van der Waals surface area contributed by atoms with Gasteiger partial charge in [0.25, 0.3) is 0 Å². The fourth-order valence-corrected chi connectivity index (χ4v) is 2.55. The van der Waals surface area contributed by atoms with Crippen molar-refractivity contribution in [3.63, 3.8) is 0 Å². The lowest BCUT2D eigenvalue weighted by molar-refractivity contribution is 0.484. The van der Waals surface area contributed by atoms with Crippen LogP contribution in [0.15, 0.2) is 30.3 Å². The molecule has 1 aromatic rings. The molecule has 0 aliphatic carbocycles. The Morgan fingerprint density at radius 1 is 1.17 bits per heavy atom. The van der Waals surface area contributed by atoms with E-state index in [-0.39, 0.29) is 0 Å². The van der Waals surface area contributed by atoms with E-state index < -0.39 is 0 Å². The van der Waals surface area contributed by atoms with Crippen LogP contribution in [0.4, 0.5) is 0 Å². The number of hydrogen-bond donors (Lipinski definition) is 0. The monoisotopic (exact) mass is 159 g/mol. The van der Waals surface area contributed by atoms with E-state index in [1.807, 2.05) is 0 Å². The number of fused-ring (bicyclic) bond motifs is 1. The fraction of sp³-hybridized carbons (Fsp3) is 0.455. The molecule has 0 bridgehead atoms. The summed E-state index contributed by atoms with van der Waals surface area (Å²) in [7, 11) is 0. The minimum absolute atomic E-state index is 0.439. The molecule has 3 rings (SSSR count). The molecule has 2 aliphatic rings. The van der Waals surface area contributed by atoms with Crippen LogP contribution in [0.2, 0.25) is 0 Å². The Morgan fingerprint density at radius 3 is 2.17 bits per heavy atom. The Kier molecular flexibility index (Phi) is 0.887. The smallest absolute Gasteiger partial charge is 0.0776 e. The van der Waals surface area contributed by atoms with Gasteiger partial charge in [0.05, 0.1) is 5.54 Å². The molecule has 1 aromatic carbocycles. The summed E-state index contributed by atoms with van der Waals surface area (Å²) in [5.41, 5.74) is 2.37. The average molecular weight is 159 g/mol. The summed E-state index contributed by atoms with van der Waals surface area (Å²) < 4.78 is 0. The third kappa shape index (κ3) is 0.496. The number of benzene rings is 1. The van der Waals surface area contributed by atoms with Crippen LogP contribution in [-0.4, -0.2) is 17.0 Å². The largest absolute Gasteiger partial charge is 0.281 e. The maximum atomic E-state index is 2.54. The molecule has 2 aliphatic heterocycles. The minimum atomic E-state index is 0.439. The van der Waals surface area contributed by atoms with Gasteiger partial charge in [0, 0.05) is 12.1 Å². The van der Waals surface area contributed by atoms with Gasteiger partial charge >= 0.3 is 0 Å². The summed E-state index contributed by atoms with van der Waals surface area (Å²) in [4.78, 5) is 2.54. The summed E-state index contributed by atoms with van der Waals surface area (Å²) in [6.07, 6.45) is 0. The van der Waals surface area contributed by atoms with Crippen molar-refractivity contribution in [1.29, 1.82) is 0 Å². The predicted molar refractivity (Wildman–Crippen MR) is 48.9 cm³/mol. The van der Waals surface area contributed by atoms with Crippen LogP contribution in [0.25, 0.3) is 0 Å². The molecule has 0 amide bonds. The highest BCUT2D eigenvalue weighted by Crippen LogP contribution is 2.71. The van der Waals surface area contributed by atoms with E-state index in [4.69, 9.17) is 0 Å². The normalized spacial score (nSPS) is 40.3. The Balaban J connectivity index is 2.04. The molecule has 0 saturated carbocycles. The quantitative estimate of drug-likeness (QED) is 0.566. The van der Waals surface area contributed by atoms with Crippen molar-refractivity contribution in [2.75, 3.05) is 6.54 Å². The van der Waals surface area contributed by atoms with Gasteiger partial charge in [-0.3, -0.25) is 4.90 Å². The van der Waals surface area contributed by atoms with Crippen molar-refractivity contribution in [3.05, 3.63) is 35.9 Å². The zero-order chi connectivity index (χ0) is 8.40. The number of rotatable bonds is 1. The van der Waals surface area contributed by atoms with Gasteiger partial charge in [-0.05, 0) is 19.4 Å². The first-order chi connectivity index (χ1) is 5.69. The molecule has 2 saturated heterocycles. The molecule has 2 atom stereocenters. The molecule has 1 nitrogen and oxygen atoms in total. The van der Waals surface area contributed by atoms with Gasteiger partial charge in [-0.25, -0.2) is 0 Å². The molecular weight excluding hydrogens is 146 g/mol. The second kappa shape index (κ2) is 1.60. The first-order valence-electron chi connectivity index (χ1n) is 4.53. The lowest BCUT2D eigenvalue weighted by Crippen LogP contribution is -2.23. The second-order valence-electron chi connectivity index (χ2n) is 4.37. The minimum Gasteiger partial charge on any atom is -0.281 e. The van der Waals surface area contributed by atoms with Crippen molar-refractivity contribution in [2.45, 2.75) is 24.9 Å². The average Bonchev–Trinajstić information content (AvgIpc) is 2.92. The Bertz CT molecular complexity index is 328. The molecule has 12 heavy (non-hydrogen) atoms. The van der Waals surface area contributed by atoms with Crippen LogP contribution in [0.1, 0.15) is 19.4 Å². The van der Waals surface area contributed by atoms with Crippen molar-refractivity contribution in [2.24, 2.45) is 0 Å². The van der Waals surface area contributed by atoms with Gasteiger partial charge in [-0.15, -0.1) is 0 Å². The van der Waals surface area contributed by atoms with Crippen molar-refractivity contribution in [3.8, 4) is 0 Å². The van der Waals surface area contributed by atoms with E-state index in [1.54, 1.807) is 0 Å². The zero-order valence-electron chi connectivity index (χ0n) is 7.54.